The van der Waals surface area contributed by atoms with Gasteiger partial charge in [0.25, 0.3) is 0 Å². The third-order valence-electron chi connectivity index (χ3n) is 0.239. The Kier molecular flexibility index (Phi) is 5.24. The van der Waals surface area contributed by atoms with Gasteiger partial charge in [-0.1, -0.05) is 0 Å². The van der Waals surface area contributed by atoms with E-state index in [0.29, 0.717) is 0 Å². The molecule has 0 aliphatic rings. The van der Waals surface area contributed by atoms with Crippen LogP contribution < -0.4 is 10.0 Å². The van der Waals surface area contributed by atoms with Crippen molar-refractivity contribution in [2.45, 2.75) is 0 Å². The summed E-state index contributed by atoms with van der Waals surface area (Å²) in [5, 5.41) is 5.12. The second-order valence-electron chi connectivity index (χ2n) is 0.588. The van der Waals surface area contributed by atoms with E-state index in [1.165, 1.54) is 0 Å². The molecule has 0 unspecified atom stereocenters. The molecule has 0 rings (SSSR count). The fourth-order valence-electron chi connectivity index (χ4n) is 0.0546. The van der Waals surface area contributed by atoms with E-state index in [4.69, 9.17) is 16.5 Å². The summed E-state index contributed by atoms with van der Waals surface area (Å²) in [4.78, 5) is 0. The molecule has 2 nitrogen and oxygen atoms in total. The van der Waals surface area contributed by atoms with Crippen LogP contribution in [-0.4, -0.2) is 18.8 Å². The minimum Gasteiger partial charge on any atom is -0.345 e. The normalized spacial score (nSPS) is 13.2. The van der Waals surface area contributed by atoms with Crippen LogP contribution in [0.4, 0.5) is 0 Å². The molecule has 0 saturated carbocycles. The molecule has 0 spiro atoms. The molecule has 32 valence electrons. The van der Waals surface area contributed by atoms with Crippen LogP contribution in [0.3, 0.4) is 0 Å². The van der Waals surface area contributed by atoms with E-state index in [1.807, 2.05) is 0 Å². The van der Waals surface area contributed by atoms with E-state index < -0.39 is 18.8 Å². The van der Waals surface area contributed by atoms with Gasteiger partial charge in [0, 0.05) is 0 Å². The van der Waals surface area contributed by atoms with Gasteiger partial charge in [-0.2, -0.15) is 11.1 Å². The molecule has 0 amide bonds. The zero-order chi connectivity index (χ0) is 4.12. The number of nitrogens with one attached hydrogen (secondary N) is 1. The summed E-state index contributed by atoms with van der Waals surface area (Å²) >= 11 is 5.28. The third-order valence-corrected chi connectivity index (χ3v) is 3.85. The summed E-state index contributed by atoms with van der Waals surface area (Å²) < 4.78 is 2.93. The molecule has 0 aromatic rings. The summed E-state index contributed by atoms with van der Waals surface area (Å²) in [6.07, 6.45) is 0. The molecule has 0 atom stereocenters. The SMILES string of the molecule is N[SiH2]N[SiH2]Cl. The smallest absolute Gasteiger partial charge is 0.189 e. The molecule has 0 aliphatic carbocycles. The largest absolute Gasteiger partial charge is 0.345 e. The molecule has 5 heteroatoms. The highest BCUT2D eigenvalue weighted by atomic mass is 35.6. The summed E-state index contributed by atoms with van der Waals surface area (Å²) in [5.41, 5.74) is 0. The summed E-state index contributed by atoms with van der Waals surface area (Å²) in [6, 6.07) is 0. The molecular formula is H7ClN2Si2. The molecule has 3 N–H and O–H groups in total. The summed E-state index contributed by atoms with van der Waals surface area (Å²) in [6.45, 7) is 0. The lowest BCUT2D eigenvalue weighted by atomic mass is 13.8. The van der Waals surface area contributed by atoms with Crippen LogP contribution >= 0.6 is 11.1 Å². The van der Waals surface area contributed by atoms with Gasteiger partial charge < -0.3 is 10.0 Å². The van der Waals surface area contributed by atoms with Gasteiger partial charge in [0.05, 0.1) is 0 Å². The quantitative estimate of drug-likeness (QED) is 0.325. The van der Waals surface area contributed by atoms with Gasteiger partial charge in [0.15, 0.2) is 18.8 Å². The monoisotopic (exact) mass is 126 g/mol. The molecule has 0 aromatic heterocycles. The van der Waals surface area contributed by atoms with E-state index in [9.17, 15) is 0 Å². The van der Waals surface area contributed by atoms with Crippen molar-refractivity contribution in [1.29, 1.82) is 0 Å². The summed E-state index contributed by atoms with van der Waals surface area (Å²) in [7, 11) is -0.833. The van der Waals surface area contributed by atoms with Crippen LogP contribution in [0.1, 0.15) is 0 Å². The van der Waals surface area contributed by atoms with Gasteiger partial charge >= 0.3 is 0 Å². The van der Waals surface area contributed by atoms with E-state index in [0.717, 1.165) is 0 Å². The molecule has 0 radical (unpaired) electrons. The van der Waals surface area contributed by atoms with Crippen LogP contribution in [0, 0.1) is 0 Å². The molecule has 5 heavy (non-hydrogen) atoms. The van der Waals surface area contributed by atoms with Crippen molar-refractivity contribution < 1.29 is 0 Å². The minimum atomic E-state index is -0.427. The average Bonchev–Trinajstić information content (AvgIpc) is 1.41. The Balaban J connectivity index is 2.19. The van der Waals surface area contributed by atoms with Gasteiger partial charge in [-0.15, -0.1) is 0 Å². The zero-order valence-electron chi connectivity index (χ0n) is 2.87. The fraction of sp³-hybridized carbons (Fsp3) is 0. The first kappa shape index (κ1) is 5.64. The molecule has 0 saturated heterocycles. The first-order valence-electron chi connectivity index (χ1n) is 1.38. The Bertz CT molecular complexity index is 15.1. The van der Waals surface area contributed by atoms with Crippen molar-refractivity contribution in [3.63, 3.8) is 0 Å². The molecular weight excluding hydrogens is 120 g/mol. The number of rotatable bonds is 2. The van der Waals surface area contributed by atoms with E-state index >= 15 is 0 Å². The fourth-order valence-corrected chi connectivity index (χ4v) is 1.47. The average molecular weight is 127 g/mol. The van der Waals surface area contributed by atoms with Crippen LogP contribution in [0.15, 0.2) is 0 Å². The highest BCUT2D eigenvalue weighted by molar-refractivity contribution is 6.94. The van der Waals surface area contributed by atoms with Crippen LogP contribution in [-0.2, 0) is 0 Å². The van der Waals surface area contributed by atoms with Crippen LogP contribution in [0.25, 0.3) is 0 Å². The maximum atomic E-state index is 5.28. The van der Waals surface area contributed by atoms with Gasteiger partial charge in [-0.05, 0) is 0 Å². The minimum absolute atomic E-state index is 0.406. The Morgan fingerprint density at radius 1 is 1.80 bits per heavy atom. The van der Waals surface area contributed by atoms with Crippen molar-refractivity contribution in [3.05, 3.63) is 0 Å². The summed E-state index contributed by atoms with van der Waals surface area (Å²) in [5.74, 6) is 0. The van der Waals surface area contributed by atoms with E-state index in [1.54, 1.807) is 0 Å². The maximum Gasteiger partial charge on any atom is 0.189 e. The predicted molar refractivity (Wildman–Crippen MR) is 30.3 cm³/mol. The number of nitrogens with two attached hydrogens (primary N) is 1. The number of halogens is 1. The standard InChI is InChI=1S/ClH7N2Si2/c1-4-3-5-2/h3H,2,4-5H2. The van der Waals surface area contributed by atoms with Gasteiger partial charge in [0.2, 0.25) is 0 Å². The molecule has 0 fully saturated rings. The second-order valence-corrected chi connectivity index (χ2v) is 4.07. The topological polar surface area (TPSA) is 38.0 Å². The zero-order valence-corrected chi connectivity index (χ0v) is 6.45. The Hall–Kier alpha value is 0.644. The van der Waals surface area contributed by atoms with Gasteiger partial charge in [0.1, 0.15) is 0 Å². The van der Waals surface area contributed by atoms with E-state index in [2.05, 4.69) is 4.65 Å². The molecule has 0 aromatic carbocycles. The van der Waals surface area contributed by atoms with Crippen molar-refractivity contribution >= 4 is 29.9 Å². The maximum absolute atomic E-state index is 5.28. The van der Waals surface area contributed by atoms with Crippen molar-refractivity contribution in [1.82, 2.24) is 4.65 Å². The molecule has 0 aliphatic heterocycles. The van der Waals surface area contributed by atoms with Crippen molar-refractivity contribution in [2.75, 3.05) is 0 Å². The predicted octanol–water partition coefficient (Wildman–Crippen LogP) is -2.23. The van der Waals surface area contributed by atoms with Crippen molar-refractivity contribution in [3.8, 4) is 0 Å². The Morgan fingerprint density at radius 3 is 2.40 bits per heavy atom. The first-order chi connectivity index (χ1) is 2.41. The molecule has 0 bridgehead atoms. The lowest BCUT2D eigenvalue weighted by Gasteiger charge is -1.82. The Labute approximate surface area is 40.7 Å². The van der Waals surface area contributed by atoms with E-state index in [-0.39, 0.29) is 0 Å². The number of hydrogen-bond donors (Lipinski definition) is 2. The van der Waals surface area contributed by atoms with Crippen LogP contribution in [0.5, 0.6) is 0 Å². The molecule has 0 heterocycles. The first-order valence-corrected chi connectivity index (χ1v) is 5.75. The lowest BCUT2D eigenvalue weighted by molar-refractivity contribution is 1.56. The number of hydrogen-bond acceptors (Lipinski definition) is 2. The highest BCUT2D eigenvalue weighted by Gasteiger charge is 1.68. The van der Waals surface area contributed by atoms with Gasteiger partial charge in [-0.25, -0.2) is 0 Å². The second kappa shape index (κ2) is 4.64. The Morgan fingerprint density at radius 2 is 2.40 bits per heavy atom. The van der Waals surface area contributed by atoms with Crippen LogP contribution in [0.2, 0.25) is 0 Å². The third kappa shape index (κ3) is 4.64. The lowest BCUT2D eigenvalue weighted by Crippen LogP contribution is -2.27. The van der Waals surface area contributed by atoms with Crippen molar-refractivity contribution in [2.24, 2.45) is 5.40 Å². The highest BCUT2D eigenvalue weighted by Crippen LogP contribution is 1.50. The van der Waals surface area contributed by atoms with Gasteiger partial charge in [-0.3, -0.25) is 0 Å².